The molecule has 4 aromatic rings. The zero-order chi connectivity index (χ0) is 14.9. The summed E-state index contributed by atoms with van der Waals surface area (Å²) in [6.07, 6.45) is 0. The van der Waals surface area contributed by atoms with Crippen LogP contribution in [0.1, 0.15) is 5.89 Å². The van der Waals surface area contributed by atoms with E-state index >= 15 is 0 Å². The van der Waals surface area contributed by atoms with Crippen molar-refractivity contribution in [3.05, 3.63) is 69.5 Å². The molecule has 0 aliphatic carbocycles. The fourth-order valence-electron chi connectivity index (χ4n) is 2.37. The monoisotopic (exact) mass is 309 g/mol. The molecule has 0 saturated carbocycles. The van der Waals surface area contributed by atoms with Crippen LogP contribution in [-0.2, 0) is 6.54 Å². The van der Waals surface area contributed by atoms with Crippen molar-refractivity contribution in [2.45, 2.75) is 6.54 Å². The van der Waals surface area contributed by atoms with Crippen LogP contribution in [0.3, 0.4) is 0 Å². The molecule has 0 spiro atoms. The molecule has 5 nitrogen and oxygen atoms in total. The van der Waals surface area contributed by atoms with Crippen LogP contribution < -0.4 is 5.56 Å². The summed E-state index contributed by atoms with van der Waals surface area (Å²) in [6.45, 7) is 0.261. The van der Waals surface area contributed by atoms with Crippen LogP contribution in [0.15, 0.2) is 62.5 Å². The second-order valence-electron chi connectivity index (χ2n) is 4.84. The van der Waals surface area contributed by atoms with Gasteiger partial charge in [0, 0.05) is 17.0 Å². The summed E-state index contributed by atoms with van der Waals surface area (Å²) >= 11 is 1.58. The molecular weight excluding hydrogens is 298 g/mol. The van der Waals surface area contributed by atoms with Crippen molar-refractivity contribution in [3.63, 3.8) is 0 Å². The van der Waals surface area contributed by atoms with Crippen LogP contribution in [0, 0.1) is 0 Å². The molecule has 0 amide bonds. The second-order valence-corrected chi connectivity index (χ2v) is 5.62. The minimum atomic E-state index is -0.0889. The van der Waals surface area contributed by atoms with Gasteiger partial charge in [0.2, 0.25) is 11.7 Å². The number of rotatable bonds is 3. The fourth-order valence-corrected chi connectivity index (χ4v) is 3.00. The van der Waals surface area contributed by atoms with Crippen LogP contribution >= 0.6 is 11.3 Å². The van der Waals surface area contributed by atoms with Crippen LogP contribution in [0.4, 0.5) is 0 Å². The van der Waals surface area contributed by atoms with E-state index in [0.717, 1.165) is 16.5 Å². The standard InChI is InChI=1S/C16H11N3O2S/c20-15-6-5-11-3-1-2-4-13(11)19(15)9-14-17-16(18-21-14)12-7-8-22-10-12/h1-8,10H,9H2. The van der Waals surface area contributed by atoms with E-state index in [1.54, 1.807) is 22.0 Å². The third-order valence-electron chi connectivity index (χ3n) is 3.44. The molecule has 0 aliphatic heterocycles. The molecule has 3 heterocycles. The van der Waals surface area contributed by atoms with Crippen molar-refractivity contribution in [3.8, 4) is 11.4 Å². The van der Waals surface area contributed by atoms with E-state index < -0.39 is 0 Å². The molecule has 0 atom stereocenters. The number of fused-ring (bicyclic) bond motifs is 1. The number of para-hydroxylation sites is 1. The van der Waals surface area contributed by atoms with E-state index in [-0.39, 0.29) is 12.1 Å². The Balaban J connectivity index is 1.75. The highest BCUT2D eigenvalue weighted by Crippen LogP contribution is 2.19. The highest BCUT2D eigenvalue weighted by atomic mass is 32.1. The van der Waals surface area contributed by atoms with Gasteiger partial charge in [-0.1, -0.05) is 23.4 Å². The Morgan fingerprint density at radius 2 is 2.05 bits per heavy atom. The van der Waals surface area contributed by atoms with Crippen LogP contribution in [0.5, 0.6) is 0 Å². The Morgan fingerprint density at radius 1 is 1.14 bits per heavy atom. The molecule has 0 radical (unpaired) electrons. The number of benzene rings is 1. The molecular formula is C16H11N3O2S. The Labute approximate surface area is 129 Å². The average molecular weight is 309 g/mol. The summed E-state index contributed by atoms with van der Waals surface area (Å²) in [5, 5.41) is 8.89. The SMILES string of the molecule is O=c1ccc2ccccc2n1Cc1nc(-c2ccsc2)no1. The van der Waals surface area contributed by atoms with Gasteiger partial charge in [0.1, 0.15) is 6.54 Å². The van der Waals surface area contributed by atoms with Gasteiger partial charge in [0.15, 0.2) is 0 Å². The lowest BCUT2D eigenvalue weighted by molar-refractivity contribution is 0.371. The largest absolute Gasteiger partial charge is 0.337 e. The van der Waals surface area contributed by atoms with E-state index in [2.05, 4.69) is 10.1 Å². The predicted molar refractivity (Wildman–Crippen MR) is 84.9 cm³/mol. The van der Waals surface area contributed by atoms with Gasteiger partial charge in [-0.25, -0.2) is 0 Å². The maximum absolute atomic E-state index is 12.1. The number of nitrogens with zero attached hydrogens (tertiary/aromatic N) is 3. The van der Waals surface area contributed by atoms with Crippen molar-refractivity contribution in [1.29, 1.82) is 0 Å². The molecule has 108 valence electrons. The summed E-state index contributed by atoms with van der Waals surface area (Å²) < 4.78 is 6.92. The summed E-state index contributed by atoms with van der Waals surface area (Å²) in [6, 6.07) is 13.0. The van der Waals surface area contributed by atoms with Gasteiger partial charge in [-0.15, -0.1) is 0 Å². The summed E-state index contributed by atoms with van der Waals surface area (Å²) in [5.74, 6) is 0.962. The summed E-state index contributed by atoms with van der Waals surface area (Å²) in [7, 11) is 0. The molecule has 6 heteroatoms. The van der Waals surface area contributed by atoms with Crippen molar-refractivity contribution >= 4 is 22.2 Å². The lowest BCUT2D eigenvalue weighted by atomic mass is 10.2. The second kappa shape index (κ2) is 5.23. The molecule has 3 aromatic heterocycles. The quantitative estimate of drug-likeness (QED) is 0.583. The molecule has 0 N–H and O–H groups in total. The maximum Gasteiger partial charge on any atom is 0.251 e. The molecule has 22 heavy (non-hydrogen) atoms. The minimum Gasteiger partial charge on any atom is -0.337 e. The zero-order valence-electron chi connectivity index (χ0n) is 11.5. The van der Waals surface area contributed by atoms with E-state index in [1.165, 1.54) is 0 Å². The number of hydrogen-bond acceptors (Lipinski definition) is 5. The van der Waals surface area contributed by atoms with Gasteiger partial charge in [-0.3, -0.25) is 9.36 Å². The van der Waals surface area contributed by atoms with E-state index in [1.807, 2.05) is 47.2 Å². The van der Waals surface area contributed by atoms with Crippen molar-refractivity contribution < 1.29 is 4.52 Å². The normalized spacial score (nSPS) is 11.1. The van der Waals surface area contributed by atoms with Gasteiger partial charge in [0.05, 0.1) is 5.52 Å². The third kappa shape index (κ3) is 2.23. The molecule has 0 saturated heterocycles. The first-order valence-corrected chi connectivity index (χ1v) is 7.69. The van der Waals surface area contributed by atoms with Crippen LogP contribution in [0.2, 0.25) is 0 Å². The van der Waals surface area contributed by atoms with Gasteiger partial charge in [-0.2, -0.15) is 16.3 Å². The molecule has 4 rings (SSSR count). The highest BCUT2D eigenvalue weighted by molar-refractivity contribution is 7.08. The predicted octanol–water partition coefficient (Wildman–Crippen LogP) is 3.16. The minimum absolute atomic E-state index is 0.0889. The Kier molecular flexibility index (Phi) is 3.08. The van der Waals surface area contributed by atoms with E-state index in [4.69, 9.17) is 4.52 Å². The Bertz CT molecular complexity index is 986. The van der Waals surface area contributed by atoms with Gasteiger partial charge >= 0.3 is 0 Å². The van der Waals surface area contributed by atoms with Gasteiger partial charge in [-0.05, 0) is 29.0 Å². The van der Waals surface area contributed by atoms with Crippen LogP contribution in [-0.4, -0.2) is 14.7 Å². The fraction of sp³-hybridized carbons (Fsp3) is 0.0625. The number of hydrogen-bond donors (Lipinski definition) is 0. The summed E-state index contributed by atoms with van der Waals surface area (Å²) in [4.78, 5) is 16.5. The molecule has 1 aromatic carbocycles. The Morgan fingerprint density at radius 3 is 2.91 bits per heavy atom. The van der Waals surface area contributed by atoms with Crippen LogP contribution in [0.25, 0.3) is 22.3 Å². The van der Waals surface area contributed by atoms with Crippen molar-refractivity contribution in [2.75, 3.05) is 0 Å². The number of pyridine rings is 1. The first-order chi connectivity index (χ1) is 10.8. The van der Waals surface area contributed by atoms with Crippen molar-refractivity contribution in [2.24, 2.45) is 0 Å². The van der Waals surface area contributed by atoms with Gasteiger partial charge < -0.3 is 4.52 Å². The first-order valence-electron chi connectivity index (χ1n) is 6.75. The van der Waals surface area contributed by atoms with E-state index in [0.29, 0.717) is 11.7 Å². The maximum atomic E-state index is 12.1. The van der Waals surface area contributed by atoms with E-state index in [9.17, 15) is 4.79 Å². The summed E-state index contributed by atoms with van der Waals surface area (Å²) in [5.41, 5.74) is 1.68. The molecule has 0 aliphatic rings. The lowest BCUT2D eigenvalue weighted by Crippen LogP contribution is -2.20. The first kappa shape index (κ1) is 13.0. The highest BCUT2D eigenvalue weighted by Gasteiger charge is 2.11. The third-order valence-corrected chi connectivity index (χ3v) is 4.12. The zero-order valence-corrected chi connectivity index (χ0v) is 12.3. The smallest absolute Gasteiger partial charge is 0.251 e. The van der Waals surface area contributed by atoms with Crippen molar-refractivity contribution in [1.82, 2.24) is 14.7 Å². The number of thiophene rings is 1. The molecule has 0 bridgehead atoms. The molecule has 0 fully saturated rings. The molecule has 0 unspecified atom stereocenters. The van der Waals surface area contributed by atoms with Gasteiger partial charge in [0.25, 0.3) is 5.56 Å². The lowest BCUT2D eigenvalue weighted by Gasteiger charge is -2.06. The average Bonchev–Trinajstić information content (AvgIpc) is 3.21. The topological polar surface area (TPSA) is 60.9 Å². The Hall–Kier alpha value is -2.73. The number of aromatic nitrogens is 3.